The molecule has 0 aliphatic carbocycles. The second-order valence-corrected chi connectivity index (χ2v) is 4.79. The fourth-order valence-electron chi connectivity index (χ4n) is 1.81. The second kappa shape index (κ2) is 6.03. The molecule has 4 heteroatoms. The lowest BCUT2D eigenvalue weighted by Crippen LogP contribution is -2.17. The van der Waals surface area contributed by atoms with E-state index < -0.39 is 0 Å². The minimum absolute atomic E-state index is 0.298. The number of benzene rings is 1. The zero-order valence-corrected chi connectivity index (χ0v) is 11.5. The standard InChI is InChI=1S/C14H18ClN3/c1-3-18-10-12(9-17-18)8-16-11(2)13-4-6-14(15)7-5-13/h4-7,9-11,16H,3,8H2,1-2H3/t11-/m0/s1. The number of aromatic nitrogens is 2. The number of hydrogen-bond donors (Lipinski definition) is 1. The Kier molecular flexibility index (Phi) is 4.39. The monoisotopic (exact) mass is 263 g/mol. The molecule has 0 aliphatic heterocycles. The maximum atomic E-state index is 5.88. The molecule has 0 amide bonds. The van der Waals surface area contributed by atoms with E-state index in [2.05, 4.69) is 42.6 Å². The van der Waals surface area contributed by atoms with Crippen LogP contribution < -0.4 is 5.32 Å². The summed E-state index contributed by atoms with van der Waals surface area (Å²) in [7, 11) is 0. The minimum atomic E-state index is 0.298. The molecule has 1 atom stereocenters. The maximum absolute atomic E-state index is 5.88. The molecule has 3 nitrogen and oxygen atoms in total. The molecular weight excluding hydrogens is 246 g/mol. The molecule has 18 heavy (non-hydrogen) atoms. The first kappa shape index (κ1) is 13.1. The summed E-state index contributed by atoms with van der Waals surface area (Å²) in [6.07, 6.45) is 3.98. The van der Waals surface area contributed by atoms with Crippen LogP contribution in [0.5, 0.6) is 0 Å². The van der Waals surface area contributed by atoms with Crippen molar-refractivity contribution in [3.8, 4) is 0 Å². The molecule has 1 aromatic heterocycles. The van der Waals surface area contributed by atoms with Gasteiger partial charge in [0.1, 0.15) is 0 Å². The molecule has 0 saturated heterocycles. The summed E-state index contributed by atoms with van der Waals surface area (Å²) in [4.78, 5) is 0. The topological polar surface area (TPSA) is 29.9 Å². The Morgan fingerprint density at radius 1 is 1.33 bits per heavy atom. The van der Waals surface area contributed by atoms with Crippen molar-refractivity contribution in [2.75, 3.05) is 0 Å². The van der Waals surface area contributed by atoms with Gasteiger partial charge in [-0.15, -0.1) is 0 Å². The highest BCUT2D eigenvalue weighted by Crippen LogP contribution is 2.16. The first-order valence-electron chi connectivity index (χ1n) is 6.19. The third-order valence-corrected chi connectivity index (χ3v) is 3.25. The van der Waals surface area contributed by atoms with E-state index in [4.69, 9.17) is 11.6 Å². The quantitative estimate of drug-likeness (QED) is 0.896. The Morgan fingerprint density at radius 2 is 2.06 bits per heavy atom. The van der Waals surface area contributed by atoms with Crippen LogP contribution in [0.4, 0.5) is 0 Å². The number of nitrogens with one attached hydrogen (secondary N) is 1. The Balaban J connectivity index is 1.91. The van der Waals surface area contributed by atoms with Crippen LogP contribution >= 0.6 is 11.6 Å². The summed E-state index contributed by atoms with van der Waals surface area (Å²) in [5.74, 6) is 0. The normalized spacial score (nSPS) is 12.6. The molecule has 1 N–H and O–H groups in total. The molecule has 0 radical (unpaired) electrons. The predicted octanol–water partition coefficient (Wildman–Crippen LogP) is 3.41. The van der Waals surface area contributed by atoms with Crippen LogP contribution in [-0.4, -0.2) is 9.78 Å². The average Bonchev–Trinajstić information content (AvgIpc) is 2.85. The maximum Gasteiger partial charge on any atom is 0.0534 e. The van der Waals surface area contributed by atoms with Gasteiger partial charge in [0.2, 0.25) is 0 Å². The van der Waals surface area contributed by atoms with Crippen LogP contribution in [0, 0.1) is 0 Å². The molecule has 2 aromatic rings. The van der Waals surface area contributed by atoms with Gasteiger partial charge < -0.3 is 5.32 Å². The lowest BCUT2D eigenvalue weighted by atomic mass is 10.1. The zero-order chi connectivity index (χ0) is 13.0. The number of aryl methyl sites for hydroxylation is 1. The zero-order valence-electron chi connectivity index (χ0n) is 10.7. The lowest BCUT2D eigenvalue weighted by molar-refractivity contribution is 0.574. The highest BCUT2D eigenvalue weighted by atomic mass is 35.5. The molecule has 0 bridgehead atoms. The van der Waals surface area contributed by atoms with Gasteiger partial charge in [-0.3, -0.25) is 4.68 Å². The molecule has 0 saturated carbocycles. The summed E-state index contributed by atoms with van der Waals surface area (Å²) in [5, 5.41) is 8.51. The number of halogens is 1. The molecule has 0 aliphatic rings. The summed E-state index contributed by atoms with van der Waals surface area (Å²) >= 11 is 5.88. The van der Waals surface area contributed by atoms with Gasteiger partial charge in [0, 0.05) is 35.9 Å². The van der Waals surface area contributed by atoms with Crippen LogP contribution in [0.1, 0.15) is 31.0 Å². The second-order valence-electron chi connectivity index (χ2n) is 4.36. The first-order valence-corrected chi connectivity index (χ1v) is 6.57. The van der Waals surface area contributed by atoms with Crippen LogP contribution in [0.25, 0.3) is 0 Å². The smallest absolute Gasteiger partial charge is 0.0534 e. The van der Waals surface area contributed by atoms with Gasteiger partial charge in [-0.1, -0.05) is 23.7 Å². The van der Waals surface area contributed by atoms with Crippen LogP contribution in [-0.2, 0) is 13.1 Å². The Bertz CT molecular complexity index is 490. The SMILES string of the molecule is CCn1cc(CN[C@@H](C)c2ccc(Cl)cc2)cn1. The van der Waals surface area contributed by atoms with Crippen molar-refractivity contribution >= 4 is 11.6 Å². The van der Waals surface area contributed by atoms with E-state index in [1.807, 2.05) is 23.0 Å². The highest BCUT2D eigenvalue weighted by molar-refractivity contribution is 6.30. The van der Waals surface area contributed by atoms with Gasteiger partial charge in [0.25, 0.3) is 0 Å². The van der Waals surface area contributed by atoms with Crippen molar-refractivity contribution in [3.63, 3.8) is 0 Å². The van der Waals surface area contributed by atoms with E-state index in [9.17, 15) is 0 Å². The number of rotatable bonds is 5. The summed E-state index contributed by atoms with van der Waals surface area (Å²) in [6.45, 7) is 5.96. The predicted molar refractivity (Wildman–Crippen MR) is 74.6 cm³/mol. The van der Waals surface area contributed by atoms with Crippen molar-refractivity contribution in [2.45, 2.75) is 33.0 Å². The van der Waals surface area contributed by atoms with E-state index in [0.29, 0.717) is 6.04 Å². The van der Waals surface area contributed by atoms with Crippen LogP contribution in [0.3, 0.4) is 0 Å². The van der Waals surface area contributed by atoms with Crippen LogP contribution in [0.2, 0.25) is 5.02 Å². The number of nitrogens with zero attached hydrogens (tertiary/aromatic N) is 2. The van der Waals surface area contributed by atoms with Crippen molar-refractivity contribution in [2.24, 2.45) is 0 Å². The summed E-state index contributed by atoms with van der Waals surface area (Å²) in [6, 6.07) is 8.24. The molecule has 2 rings (SSSR count). The minimum Gasteiger partial charge on any atom is -0.306 e. The third-order valence-electron chi connectivity index (χ3n) is 2.99. The fraction of sp³-hybridized carbons (Fsp3) is 0.357. The molecule has 96 valence electrons. The van der Waals surface area contributed by atoms with Gasteiger partial charge in [0.15, 0.2) is 0 Å². The number of hydrogen-bond acceptors (Lipinski definition) is 2. The Hall–Kier alpha value is -1.32. The fourth-order valence-corrected chi connectivity index (χ4v) is 1.94. The third kappa shape index (κ3) is 3.34. The van der Waals surface area contributed by atoms with Crippen molar-refractivity contribution in [1.82, 2.24) is 15.1 Å². The van der Waals surface area contributed by atoms with E-state index in [-0.39, 0.29) is 0 Å². The van der Waals surface area contributed by atoms with Gasteiger partial charge in [-0.25, -0.2) is 0 Å². The molecule has 0 unspecified atom stereocenters. The van der Waals surface area contributed by atoms with Crippen molar-refractivity contribution in [1.29, 1.82) is 0 Å². The summed E-state index contributed by atoms with van der Waals surface area (Å²) in [5.41, 5.74) is 2.44. The Morgan fingerprint density at radius 3 is 2.67 bits per heavy atom. The largest absolute Gasteiger partial charge is 0.306 e. The summed E-state index contributed by atoms with van der Waals surface area (Å²) < 4.78 is 1.93. The average molecular weight is 264 g/mol. The van der Waals surface area contributed by atoms with E-state index >= 15 is 0 Å². The van der Waals surface area contributed by atoms with E-state index in [1.165, 1.54) is 11.1 Å². The molecule has 1 aromatic carbocycles. The molecule has 1 heterocycles. The van der Waals surface area contributed by atoms with Crippen molar-refractivity contribution < 1.29 is 0 Å². The Labute approximate surface area is 113 Å². The van der Waals surface area contributed by atoms with Crippen LogP contribution in [0.15, 0.2) is 36.7 Å². The molecular formula is C14H18ClN3. The van der Waals surface area contributed by atoms with Crippen molar-refractivity contribution in [3.05, 3.63) is 52.8 Å². The van der Waals surface area contributed by atoms with Gasteiger partial charge in [0.05, 0.1) is 6.20 Å². The highest BCUT2D eigenvalue weighted by Gasteiger charge is 2.05. The lowest BCUT2D eigenvalue weighted by Gasteiger charge is -2.13. The van der Waals surface area contributed by atoms with Gasteiger partial charge >= 0.3 is 0 Å². The van der Waals surface area contributed by atoms with E-state index in [0.717, 1.165) is 18.1 Å². The van der Waals surface area contributed by atoms with Gasteiger partial charge in [-0.2, -0.15) is 5.10 Å². The van der Waals surface area contributed by atoms with E-state index in [1.54, 1.807) is 0 Å². The molecule has 0 fully saturated rings. The first-order chi connectivity index (χ1) is 8.69. The molecule has 0 spiro atoms. The van der Waals surface area contributed by atoms with Gasteiger partial charge in [-0.05, 0) is 31.5 Å².